The van der Waals surface area contributed by atoms with E-state index < -0.39 is 0 Å². The molecule has 0 spiro atoms. The number of para-hydroxylation sites is 2. The quantitative estimate of drug-likeness (QED) is 0.827. The number of benzene rings is 2. The molecule has 1 aliphatic rings. The molecule has 0 heterocycles. The van der Waals surface area contributed by atoms with Crippen LogP contribution >= 0.6 is 0 Å². The first-order valence-electron chi connectivity index (χ1n) is 7.41. The zero-order chi connectivity index (χ0) is 13.8. The minimum Gasteiger partial charge on any atom is -0.492 e. The lowest BCUT2D eigenvalue weighted by Crippen LogP contribution is -2.02. The average Bonchev–Trinajstić information content (AvgIpc) is 3.32. The number of rotatable bonds is 6. The first-order chi connectivity index (χ1) is 9.86. The SMILES string of the molecule is CCOc1ccccc1NCc1cccc(C2CC2)c1. The Hall–Kier alpha value is -1.96. The molecule has 0 atom stereocenters. The van der Waals surface area contributed by atoms with Gasteiger partial charge in [-0.25, -0.2) is 0 Å². The molecule has 1 saturated carbocycles. The Bertz CT molecular complexity index is 575. The minimum absolute atomic E-state index is 0.690. The molecule has 3 rings (SSSR count). The van der Waals surface area contributed by atoms with Gasteiger partial charge in [0.1, 0.15) is 5.75 Å². The number of ether oxygens (including phenoxy) is 1. The van der Waals surface area contributed by atoms with Crippen LogP contribution in [0.4, 0.5) is 5.69 Å². The highest BCUT2D eigenvalue weighted by Crippen LogP contribution is 2.40. The van der Waals surface area contributed by atoms with Crippen LogP contribution in [0.15, 0.2) is 48.5 Å². The summed E-state index contributed by atoms with van der Waals surface area (Å²) in [6, 6.07) is 17.0. The van der Waals surface area contributed by atoms with Gasteiger partial charge in [0.2, 0.25) is 0 Å². The summed E-state index contributed by atoms with van der Waals surface area (Å²) in [7, 11) is 0. The van der Waals surface area contributed by atoms with Crippen molar-refractivity contribution < 1.29 is 4.74 Å². The van der Waals surface area contributed by atoms with Gasteiger partial charge in [-0.05, 0) is 48.9 Å². The molecular weight excluding hydrogens is 246 g/mol. The predicted molar refractivity (Wildman–Crippen MR) is 83.4 cm³/mol. The molecule has 0 aliphatic heterocycles. The normalized spacial score (nSPS) is 14.1. The highest BCUT2D eigenvalue weighted by Gasteiger charge is 2.23. The fourth-order valence-corrected chi connectivity index (χ4v) is 2.47. The van der Waals surface area contributed by atoms with Crippen molar-refractivity contribution in [2.24, 2.45) is 0 Å². The average molecular weight is 267 g/mol. The Morgan fingerprint density at radius 2 is 1.95 bits per heavy atom. The molecule has 0 amide bonds. The van der Waals surface area contributed by atoms with Crippen LogP contribution in [0.25, 0.3) is 0 Å². The summed E-state index contributed by atoms with van der Waals surface area (Å²) in [6.45, 7) is 3.54. The van der Waals surface area contributed by atoms with E-state index in [1.807, 2.05) is 25.1 Å². The lowest BCUT2D eigenvalue weighted by atomic mass is 10.1. The van der Waals surface area contributed by atoms with Gasteiger partial charge in [0.25, 0.3) is 0 Å². The van der Waals surface area contributed by atoms with E-state index in [0.717, 1.165) is 23.9 Å². The van der Waals surface area contributed by atoms with Gasteiger partial charge in [-0.3, -0.25) is 0 Å². The van der Waals surface area contributed by atoms with Crippen molar-refractivity contribution in [3.8, 4) is 5.75 Å². The minimum atomic E-state index is 0.690. The van der Waals surface area contributed by atoms with E-state index in [2.05, 4.69) is 35.6 Å². The molecule has 0 saturated heterocycles. The van der Waals surface area contributed by atoms with E-state index in [4.69, 9.17) is 4.74 Å². The summed E-state index contributed by atoms with van der Waals surface area (Å²) in [5.74, 6) is 1.74. The van der Waals surface area contributed by atoms with Crippen molar-refractivity contribution in [2.45, 2.75) is 32.2 Å². The monoisotopic (exact) mass is 267 g/mol. The summed E-state index contributed by atoms with van der Waals surface area (Å²) in [4.78, 5) is 0. The van der Waals surface area contributed by atoms with E-state index >= 15 is 0 Å². The zero-order valence-corrected chi connectivity index (χ0v) is 11.9. The molecule has 2 nitrogen and oxygen atoms in total. The number of hydrogen-bond acceptors (Lipinski definition) is 2. The van der Waals surface area contributed by atoms with Crippen LogP contribution in [0.5, 0.6) is 5.75 Å². The molecule has 2 heteroatoms. The molecule has 0 bridgehead atoms. The van der Waals surface area contributed by atoms with Crippen LogP contribution in [0, 0.1) is 0 Å². The summed E-state index contributed by atoms with van der Waals surface area (Å²) in [5, 5.41) is 3.48. The Morgan fingerprint density at radius 3 is 2.75 bits per heavy atom. The fourth-order valence-electron chi connectivity index (χ4n) is 2.47. The highest BCUT2D eigenvalue weighted by molar-refractivity contribution is 5.56. The number of anilines is 1. The molecule has 1 fully saturated rings. The second-order valence-corrected chi connectivity index (χ2v) is 5.30. The van der Waals surface area contributed by atoms with Gasteiger partial charge >= 0.3 is 0 Å². The lowest BCUT2D eigenvalue weighted by Gasteiger charge is -2.12. The molecule has 0 aromatic heterocycles. The lowest BCUT2D eigenvalue weighted by molar-refractivity contribution is 0.341. The smallest absolute Gasteiger partial charge is 0.142 e. The van der Waals surface area contributed by atoms with E-state index in [0.29, 0.717) is 6.61 Å². The molecule has 2 aromatic carbocycles. The van der Waals surface area contributed by atoms with E-state index in [9.17, 15) is 0 Å². The van der Waals surface area contributed by atoms with Gasteiger partial charge in [-0.1, -0.05) is 36.4 Å². The van der Waals surface area contributed by atoms with E-state index in [1.54, 1.807) is 0 Å². The van der Waals surface area contributed by atoms with E-state index in [1.165, 1.54) is 24.0 Å². The van der Waals surface area contributed by atoms with Crippen molar-refractivity contribution in [1.29, 1.82) is 0 Å². The molecule has 104 valence electrons. The molecule has 2 aromatic rings. The molecule has 1 aliphatic carbocycles. The fraction of sp³-hybridized carbons (Fsp3) is 0.333. The van der Waals surface area contributed by atoms with Gasteiger partial charge < -0.3 is 10.1 Å². The summed E-state index contributed by atoms with van der Waals surface area (Å²) < 4.78 is 5.63. The van der Waals surface area contributed by atoms with Crippen LogP contribution in [-0.4, -0.2) is 6.61 Å². The Labute approximate surface area is 120 Å². The maximum atomic E-state index is 5.63. The standard InChI is InChI=1S/C18H21NO/c1-2-20-18-9-4-3-8-17(18)19-13-14-6-5-7-16(12-14)15-10-11-15/h3-9,12,15,19H,2,10-11,13H2,1H3. The summed E-state index contributed by atoms with van der Waals surface area (Å²) in [5.41, 5.74) is 3.88. The molecular formula is C18H21NO. The van der Waals surface area contributed by atoms with Gasteiger partial charge in [0.05, 0.1) is 12.3 Å². The second-order valence-electron chi connectivity index (χ2n) is 5.30. The number of hydrogen-bond donors (Lipinski definition) is 1. The third-order valence-corrected chi connectivity index (χ3v) is 3.67. The van der Waals surface area contributed by atoms with Crippen LogP contribution in [0.3, 0.4) is 0 Å². The summed E-state index contributed by atoms with van der Waals surface area (Å²) in [6.07, 6.45) is 2.70. The van der Waals surface area contributed by atoms with Crippen molar-refractivity contribution >= 4 is 5.69 Å². The van der Waals surface area contributed by atoms with Gasteiger partial charge in [0, 0.05) is 6.54 Å². The van der Waals surface area contributed by atoms with Crippen LogP contribution in [0.1, 0.15) is 36.8 Å². The maximum absolute atomic E-state index is 5.63. The van der Waals surface area contributed by atoms with Crippen LogP contribution in [0.2, 0.25) is 0 Å². The first kappa shape index (κ1) is 13.0. The Kier molecular flexibility index (Phi) is 3.91. The van der Waals surface area contributed by atoms with Gasteiger partial charge in [0.15, 0.2) is 0 Å². The maximum Gasteiger partial charge on any atom is 0.142 e. The van der Waals surface area contributed by atoms with Crippen molar-refractivity contribution in [3.63, 3.8) is 0 Å². The Morgan fingerprint density at radius 1 is 1.10 bits per heavy atom. The summed E-state index contributed by atoms with van der Waals surface area (Å²) >= 11 is 0. The van der Waals surface area contributed by atoms with Crippen LogP contribution < -0.4 is 10.1 Å². The third kappa shape index (κ3) is 3.13. The molecule has 0 radical (unpaired) electrons. The van der Waals surface area contributed by atoms with Gasteiger partial charge in [-0.2, -0.15) is 0 Å². The van der Waals surface area contributed by atoms with Crippen molar-refractivity contribution in [1.82, 2.24) is 0 Å². The third-order valence-electron chi connectivity index (χ3n) is 3.67. The van der Waals surface area contributed by atoms with Crippen LogP contribution in [-0.2, 0) is 6.54 Å². The topological polar surface area (TPSA) is 21.3 Å². The van der Waals surface area contributed by atoms with Gasteiger partial charge in [-0.15, -0.1) is 0 Å². The molecule has 1 N–H and O–H groups in total. The highest BCUT2D eigenvalue weighted by atomic mass is 16.5. The molecule has 20 heavy (non-hydrogen) atoms. The first-order valence-corrected chi connectivity index (χ1v) is 7.41. The largest absolute Gasteiger partial charge is 0.492 e. The van der Waals surface area contributed by atoms with Crippen molar-refractivity contribution in [3.05, 3.63) is 59.7 Å². The second kappa shape index (κ2) is 6.00. The van der Waals surface area contributed by atoms with E-state index in [-0.39, 0.29) is 0 Å². The molecule has 0 unspecified atom stereocenters. The van der Waals surface area contributed by atoms with Crippen molar-refractivity contribution in [2.75, 3.05) is 11.9 Å². The Balaban J connectivity index is 1.68. The zero-order valence-electron chi connectivity index (χ0n) is 11.9. The number of nitrogens with one attached hydrogen (secondary N) is 1. The predicted octanol–water partition coefficient (Wildman–Crippen LogP) is 4.57.